The van der Waals surface area contributed by atoms with Crippen LogP contribution in [0.4, 0.5) is 11.7 Å². The molecular weight excluding hydrogens is 296 g/mol. The van der Waals surface area contributed by atoms with Crippen molar-refractivity contribution in [1.82, 2.24) is 15.5 Å². The van der Waals surface area contributed by atoms with E-state index in [4.69, 9.17) is 4.42 Å². The first kappa shape index (κ1) is 13.0. The molecule has 0 aliphatic carbocycles. The molecule has 1 aromatic heterocycles. The Bertz CT molecular complexity index is 497. The zero-order valence-corrected chi connectivity index (χ0v) is 11.9. The molecule has 1 atom stereocenters. The van der Waals surface area contributed by atoms with Crippen molar-refractivity contribution in [1.29, 1.82) is 0 Å². The van der Waals surface area contributed by atoms with Crippen LogP contribution >= 0.6 is 15.9 Å². The Kier molecular flexibility index (Phi) is 4.33. The lowest BCUT2D eigenvalue weighted by Crippen LogP contribution is -2.17. The van der Waals surface area contributed by atoms with Gasteiger partial charge in [-0.25, -0.2) is 0 Å². The molecular formula is C12H15BrN4O. The topological polar surface area (TPSA) is 63.0 Å². The van der Waals surface area contributed by atoms with Crippen molar-refractivity contribution in [3.05, 3.63) is 34.6 Å². The number of hydrogen-bond donors (Lipinski definition) is 2. The van der Waals surface area contributed by atoms with E-state index in [0.29, 0.717) is 11.9 Å². The SMILES string of the molecule is CCNC(C)c1nnc(Nc2ccc(Br)cc2)o1. The van der Waals surface area contributed by atoms with Crippen LogP contribution in [0.3, 0.4) is 0 Å². The number of hydrogen-bond acceptors (Lipinski definition) is 5. The summed E-state index contributed by atoms with van der Waals surface area (Å²) >= 11 is 3.38. The van der Waals surface area contributed by atoms with Gasteiger partial charge in [0.05, 0.1) is 6.04 Å². The minimum Gasteiger partial charge on any atom is -0.406 e. The highest BCUT2D eigenvalue weighted by molar-refractivity contribution is 9.10. The fourth-order valence-corrected chi connectivity index (χ4v) is 1.77. The third kappa shape index (κ3) is 3.30. The van der Waals surface area contributed by atoms with Crippen molar-refractivity contribution < 1.29 is 4.42 Å². The van der Waals surface area contributed by atoms with Crippen LogP contribution in [0.5, 0.6) is 0 Å². The monoisotopic (exact) mass is 310 g/mol. The first-order valence-electron chi connectivity index (χ1n) is 5.78. The molecule has 5 nitrogen and oxygen atoms in total. The van der Waals surface area contributed by atoms with Gasteiger partial charge < -0.3 is 15.1 Å². The molecule has 2 aromatic rings. The third-order valence-corrected chi connectivity index (χ3v) is 2.95. The molecule has 2 N–H and O–H groups in total. The van der Waals surface area contributed by atoms with Crippen LogP contribution in [0.25, 0.3) is 0 Å². The van der Waals surface area contributed by atoms with E-state index < -0.39 is 0 Å². The molecule has 0 spiro atoms. The second-order valence-corrected chi connectivity index (χ2v) is 4.77. The molecule has 0 aliphatic heterocycles. The molecule has 1 aromatic carbocycles. The lowest BCUT2D eigenvalue weighted by molar-refractivity contribution is 0.430. The third-order valence-electron chi connectivity index (χ3n) is 2.42. The lowest BCUT2D eigenvalue weighted by atomic mass is 10.3. The molecule has 2 rings (SSSR count). The summed E-state index contributed by atoms with van der Waals surface area (Å²) in [6, 6.07) is 8.21. The quantitative estimate of drug-likeness (QED) is 0.887. The highest BCUT2D eigenvalue weighted by atomic mass is 79.9. The van der Waals surface area contributed by atoms with Crippen LogP contribution in [0.2, 0.25) is 0 Å². The molecule has 0 saturated heterocycles. The molecule has 0 amide bonds. The second kappa shape index (κ2) is 5.97. The number of benzene rings is 1. The highest BCUT2D eigenvalue weighted by Gasteiger charge is 2.12. The van der Waals surface area contributed by atoms with E-state index >= 15 is 0 Å². The second-order valence-electron chi connectivity index (χ2n) is 3.86. The van der Waals surface area contributed by atoms with Gasteiger partial charge in [-0.3, -0.25) is 0 Å². The fraction of sp³-hybridized carbons (Fsp3) is 0.333. The largest absolute Gasteiger partial charge is 0.406 e. The normalized spacial score (nSPS) is 12.4. The Morgan fingerprint density at radius 1 is 1.28 bits per heavy atom. The molecule has 0 aliphatic rings. The van der Waals surface area contributed by atoms with Crippen molar-refractivity contribution in [2.75, 3.05) is 11.9 Å². The smallest absolute Gasteiger partial charge is 0.320 e. The van der Waals surface area contributed by atoms with Gasteiger partial charge in [-0.2, -0.15) is 0 Å². The first-order valence-corrected chi connectivity index (χ1v) is 6.57. The van der Waals surface area contributed by atoms with Gasteiger partial charge in [0, 0.05) is 10.2 Å². The van der Waals surface area contributed by atoms with Crippen molar-refractivity contribution >= 4 is 27.6 Å². The molecule has 0 radical (unpaired) electrons. The number of rotatable bonds is 5. The fourth-order valence-electron chi connectivity index (χ4n) is 1.51. The predicted molar refractivity (Wildman–Crippen MR) is 73.8 cm³/mol. The first-order chi connectivity index (χ1) is 8.69. The Morgan fingerprint density at radius 3 is 2.67 bits per heavy atom. The molecule has 18 heavy (non-hydrogen) atoms. The molecule has 6 heteroatoms. The van der Waals surface area contributed by atoms with E-state index in [-0.39, 0.29) is 6.04 Å². The number of nitrogens with zero attached hydrogens (tertiary/aromatic N) is 2. The summed E-state index contributed by atoms with van der Waals surface area (Å²) in [5, 5.41) is 14.2. The average molecular weight is 311 g/mol. The van der Waals surface area contributed by atoms with Gasteiger partial charge in [0.25, 0.3) is 0 Å². The van der Waals surface area contributed by atoms with Crippen molar-refractivity contribution in [3.63, 3.8) is 0 Å². The maximum absolute atomic E-state index is 5.52. The Hall–Kier alpha value is -1.40. The zero-order valence-electron chi connectivity index (χ0n) is 10.3. The van der Waals surface area contributed by atoms with Crippen LogP contribution in [-0.4, -0.2) is 16.7 Å². The summed E-state index contributed by atoms with van der Waals surface area (Å²) in [5.74, 6) is 0.580. The van der Waals surface area contributed by atoms with Crippen LogP contribution < -0.4 is 10.6 Å². The average Bonchev–Trinajstić information content (AvgIpc) is 2.81. The predicted octanol–water partition coefficient (Wildman–Crippen LogP) is 3.25. The molecule has 1 unspecified atom stereocenters. The van der Waals surface area contributed by atoms with Gasteiger partial charge in [-0.15, -0.1) is 5.10 Å². The van der Waals surface area contributed by atoms with E-state index in [1.807, 2.05) is 38.1 Å². The number of halogens is 1. The van der Waals surface area contributed by atoms with Crippen molar-refractivity contribution in [2.24, 2.45) is 0 Å². The van der Waals surface area contributed by atoms with Gasteiger partial charge in [-0.1, -0.05) is 28.0 Å². The summed E-state index contributed by atoms with van der Waals surface area (Å²) < 4.78 is 6.55. The maximum atomic E-state index is 5.52. The summed E-state index contributed by atoms with van der Waals surface area (Å²) in [6.07, 6.45) is 0. The summed E-state index contributed by atoms with van der Waals surface area (Å²) in [7, 11) is 0. The van der Waals surface area contributed by atoms with E-state index in [1.54, 1.807) is 0 Å². The summed E-state index contributed by atoms with van der Waals surface area (Å²) in [5.41, 5.74) is 0.907. The molecule has 0 fully saturated rings. The maximum Gasteiger partial charge on any atom is 0.320 e. The Balaban J connectivity index is 2.04. The van der Waals surface area contributed by atoms with E-state index in [0.717, 1.165) is 16.7 Å². The van der Waals surface area contributed by atoms with E-state index in [1.165, 1.54) is 0 Å². The van der Waals surface area contributed by atoms with Crippen LogP contribution in [0.1, 0.15) is 25.8 Å². The Labute approximate surface area is 114 Å². The van der Waals surface area contributed by atoms with Crippen LogP contribution in [0, 0.1) is 0 Å². The van der Waals surface area contributed by atoms with Gasteiger partial charge in [0.15, 0.2) is 0 Å². The molecule has 0 bridgehead atoms. The van der Waals surface area contributed by atoms with E-state index in [9.17, 15) is 0 Å². The highest BCUT2D eigenvalue weighted by Crippen LogP contribution is 2.20. The molecule has 96 valence electrons. The number of anilines is 2. The van der Waals surface area contributed by atoms with E-state index in [2.05, 4.69) is 36.8 Å². The lowest BCUT2D eigenvalue weighted by Gasteiger charge is -2.06. The van der Waals surface area contributed by atoms with Crippen molar-refractivity contribution in [3.8, 4) is 0 Å². The number of nitrogens with one attached hydrogen (secondary N) is 2. The minimum absolute atomic E-state index is 0.0583. The zero-order chi connectivity index (χ0) is 13.0. The molecule has 0 saturated carbocycles. The van der Waals surface area contributed by atoms with Crippen LogP contribution in [-0.2, 0) is 0 Å². The Morgan fingerprint density at radius 2 is 2.00 bits per heavy atom. The molecule has 1 heterocycles. The van der Waals surface area contributed by atoms with Gasteiger partial charge >= 0.3 is 6.01 Å². The minimum atomic E-state index is 0.0583. The van der Waals surface area contributed by atoms with Gasteiger partial charge in [0.2, 0.25) is 5.89 Å². The standard InChI is InChI=1S/C12H15BrN4O/c1-3-14-8(2)11-16-17-12(18-11)15-10-6-4-9(13)5-7-10/h4-8,14H,3H2,1-2H3,(H,15,17). The summed E-state index contributed by atoms with van der Waals surface area (Å²) in [4.78, 5) is 0. The van der Waals surface area contributed by atoms with Gasteiger partial charge in [-0.05, 0) is 37.7 Å². The van der Waals surface area contributed by atoms with Gasteiger partial charge in [0.1, 0.15) is 0 Å². The summed E-state index contributed by atoms with van der Waals surface area (Å²) in [6.45, 7) is 4.88. The van der Waals surface area contributed by atoms with Crippen LogP contribution in [0.15, 0.2) is 33.2 Å². The van der Waals surface area contributed by atoms with Crippen molar-refractivity contribution in [2.45, 2.75) is 19.9 Å². The number of aromatic nitrogens is 2.